The predicted molar refractivity (Wildman–Crippen MR) is 98.1 cm³/mol. The Balaban J connectivity index is 1.68. The molecule has 7 heteroatoms. The molecule has 1 aromatic heterocycles. The molecule has 1 saturated heterocycles. The fraction of sp³-hybridized carbons (Fsp3) is 0.444. The molecule has 1 fully saturated rings. The molecule has 0 unspecified atom stereocenters. The van der Waals surface area contributed by atoms with E-state index in [1.165, 1.54) is 0 Å². The van der Waals surface area contributed by atoms with E-state index in [4.69, 9.17) is 22.1 Å². The summed E-state index contributed by atoms with van der Waals surface area (Å²) in [6, 6.07) is 4.81. The normalized spacial score (nSPS) is 16.8. The van der Waals surface area contributed by atoms with Crippen molar-refractivity contribution in [3.63, 3.8) is 0 Å². The van der Waals surface area contributed by atoms with E-state index in [0.717, 1.165) is 18.2 Å². The summed E-state index contributed by atoms with van der Waals surface area (Å²) in [5.41, 5.74) is 5.65. The first-order chi connectivity index (χ1) is 12.0. The number of nitrogens with zero attached hydrogens (tertiary/aromatic N) is 1. The van der Waals surface area contributed by atoms with Crippen LogP contribution in [0.25, 0.3) is 10.8 Å². The lowest BCUT2D eigenvalue weighted by atomic mass is 10.1. The number of pyridine rings is 1. The molecule has 1 atom stereocenters. The zero-order chi connectivity index (χ0) is 18.0. The van der Waals surface area contributed by atoms with Gasteiger partial charge in [0.15, 0.2) is 0 Å². The average Bonchev–Trinajstić information content (AvgIpc) is 2.62. The number of rotatable bonds is 4. The molecule has 2 heterocycles. The molecule has 3 rings (SSSR count). The SMILES string of the molecule is CC[C@H](N)C(=O)N1CCC(Oc2cc3cc[nH]c(=O)c3cc2Cl)CC1. The van der Waals surface area contributed by atoms with E-state index in [-0.39, 0.29) is 17.6 Å². The van der Waals surface area contributed by atoms with Gasteiger partial charge in [-0.05, 0) is 30.0 Å². The van der Waals surface area contributed by atoms with Gasteiger partial charge < -0.3 is 20.4 Å². The highest BCUT2D eigenvalue weighted by molar-refractivity contribution is 6.32. The first kappa shape index (κ1) is 17.8. The average molecular weight is 364 g/mol. The van der Waals surface area contributed by atoms with E-state index in [9.17, 15) is 9.59 Å². The lowest BCUT2D eigenvalue weighted by Crippen LogP contribution is -2.48. The fourth-order valence-corrected chi connectivity index (χ4v) is 3.27. The lowest BCUT2D eigenvalue weighted by Gasteiger charge is -2.33. The van der Waals surface area contributed by atoms with Gasteiger partial charge in [0.1, 0.15) is 11.9 Å². The number of nitrogens with one attached hydrogen (secondary N) is 1. The first-order valence-electron chi connectivity index (χ1n) is 8.51. The Labute approximate surface area is 150 Å². The van der Waals surface area contributed by atoms with Crippen molar-refractivity contribution in [1.29, 1.82) is 0 Å². The van der Waals surface area contributed by atoms with Crippen molar-refractivity contribution in [2.45, 2.75) is 38.3 Å². The van der Waals surface area contributed by atoms with Crippen LogP contribution in [0.2, 0.25) is 5.02 Å². The smallest absolute Gasteiger partial charge is 0.255 e. The Hall–Kier alpha value is -2.05. The zero-order valence-electron chi connectivity index (χ0n) is 14.1. The van der Waals surface area contributed by atoms with E-state index in [1.807, 2.05) is 13.0 Å². The van der Waals surface area contributed by atoms with Gasteiger partial charge in [-0.3, -0.25) is 9.59 Å². The second-order valence-electron chi connectivity index (χ2n) is 6.33. The largest absolute Gasteiger partial charge is 0.489 e. The minimum Gasteiger partial charge on any atom is -0.489 e. The minimum atomic E-state index is -0.425. The molecule has 0 aliphatic carbocycles. The van der Waals surface area contributed by atoms with Crippen molar-refractivity contribution in [3.8, 4) is 5.75 Å². The Kier molecular flexibility index (Phi) is 5.30. The van der Waals surface area contributed by atoms with Gasteiger partial charge in [-0.1, -0.05) is 18.5 Å². The Morgan fingerprint density at radius 2 is 2.16 bits per heavy atom. The molecule has 1 amide bonds. The molecular weight excluding hydrogens is 342 g/mol. The van der Waals surface area contributed by atoms with Crippen LogP contribution in [0.5, 0.6) is 5.75 Å². The minimum absolute atomic E-state index is 0.00362. The highest BCUT2D eigenvalue weighted by atomic mass is 35.5. The third kappa shape index (κ3) is 3.80. The van der Waals surface area contributed by atoms with Gasteiger partial charge in [0.2, 0.25) is 5.91 Å². The van der Waals surface area contributed by atoms with Crippen LogP contribution < -0.4 is 16.0 Å². The number of piperidine rings is 1. The number of ether oxygens (including phenoxy) is 1. The highest BCUT2D eigenvalue weighted by Gasteiger charge is 2.26. The summed E-state index contributed by atoms with van der Waals surface area (Å²) < 4.78 is 6.04. The summed E-state index contributed by atoms with van der Waals surface area (Å²) in [6.45, 7) is 3.16. The Morgan fingerprint density at radius 1 is 1.44 bits per heavy atom. The summed E-state index contributed by atoms with van der Waals surface area (Å²) in [5, 5.41) is 1.73. The van der Waals surface area contributed by atoms with E-state index in [0.29, 0.717) is 35.7 Å². The Morgan fingerprint density at radius 3 is 2.84 bits per heavy atom. The van der Waals surface area contributed by atoms with Crippen LogP contribution in [-0.2, 0) is 4.79 Å². The molecule has 1 aliphatic rings. The van der Waals surface area contributed by atoms with Crippen molar-refractivity contribution in [2.24, 2.45) is 5.73 Å². The number of likely N-dealkylation sites (tertiary alicyclic amines) is 1. The van der Waals surface area contributed by atoms with E-state index in [2.05, 4.69) is 4.98 Å². The molecule has 134 valence electrons. The van der Waals surface area contributed by atoms with Crippen molar-refractivity contribution in [2.75, 3.05) is 13.1 Å². The summed E-state index contributed by atoms with van der Waals surface area (Å²) in [7, 11) is 0. The second kappa shape index (κ2) is 7.45. The summed E-state index contributed by atoms with van der Waals surface area (Å²) in [6.07, 6.45) is 3.68. The van der Waals surface area contributed by atoms with Gasteiger partial charge in [0, 0.05) is 37.5 Å². The van der Waals surface area contributed by atoms with Crippen LogP contribution in [0.15, 0.2) is 29.2 Å². The van der Waals surface area contributed by atoms with Crippen molar-refractivity contribution in [3.05, 3.63) is 39.8 Å². The van der Waals surface area contributed by atoms with E-state index < -0.39 is 6.04 Å². The number of nitrogens with two attached hydrogens (primary N) is 1. The van der Waals surface area contributed by atoms with Crippen LogP contribution >= 0.6 is 11.6 Å². The number of carbonyl (C=O) groups is 1. The van der Waals surface area contributed by atoms with Crippen molar-refractivity contribution >= 4 is 28.3 Å². The second-order valence-corrected chi connectivity index (χ2v) is 6.74. The van der Waals surface area contributed by atoms with Gasteiger partial charge in [0.25, 0.3) is 5.56 Å². The lowest BCUT2D eigenvalue weighted by molar-refractivity contribution is -0.134. The topological polar surface area (TPSA) is 88.4 Å². The van der Waals surface area contributed by atoms with Gasteiger partial charge in [-0.15, -0.1) is 0 Å². The van der Waals surface area contributed by atoms with Gasteiger partial charge in [0.05, 0.1) is 11.1 Å². The molecule has 3 N–H and O–H groups in total. The monoisotopic (exact) mass is 363 g/mol. The molecule has 6 nitrogen and oxygen atoms in total. The highest BCUT2D eigenvalue weighted by Crippen LogP contribution is 2.31. The van der Waals surface area contributed by atoms with Crippen LogP contribution in [0.4, 0.5) is 0 Å². The standard InChI is InChI=1S/C18H22ClN3O3/c1-2-15(20)18(24)22-7-4-12(5-8-22)25-16-9-11-3-6-21-17(23)13(11)10-14(16)19/h3,6,9-10,12,15H,2,4-5,7-8,20H2,1H3,(H,21,23)/t15-/m0/s1. The number of benzene rings is 1. The maximum Gasteiger partial charge on any atom is 0.255 e. The predicted octanol–water partition coefficient (Wildman–Crippen LogP) is 2.29. The number of aromatic amines is 1. The molecular formula is C18H22ClN3O3. The molecule has 0 radical (unpaired) electrons. The van der Waals surface area contributed by atoms with Gasteiger partial charge >= 0.3 is 0 Å². The molecule has 25 heavy (non-hydrogen) atoms. The van der Waals surface area contributed by atoms with Gasteiger partial charge in [-0.25, -0.2) is 0 Å². The number of hydrogen-bond acceptors (Lipinski definition) is 4. The van der Waals surface area contributed by atoms with Crippen LogP contribution in [-0.4, -0.2) is 41.0 Å². The number of carbonyl (C=O) groups excluding carboxylic acids is 1. The number of aromatic nitrogens is 1. The number of hydrogen-bond donors (Lipinski definition) is 2. The molecule has 0 spiro atoms. The third-order valence-corrected chi connectivity index (χ3v) is 4.93. The maximum atomic E-state index is 12.1. The molecule has 0 saturated carbocycles. The summed E-state index contributed by atoms with van der Waals surface area (Å²) in [4.78, 5) is 28.4. The van der Waals surface area contributed by atoms with Crippen LogP contribution in [0.1, 0.15) is 26.2 Å². The van der Waals surface area contributed by atoms with Crippen LogP contribution in [0, 0.1) is 0 Å². The maximum absolute atomic E-state index is 12.1. The fourth-order valence-electron chi connectivity index (χ4n) is 3.06. The first-order valence-corrected chi connectivity index (χ1v) is 8.89. The zero-order valence-corrected chi connectivity index (χ0v) is 14.9. The van der Waals surface area contributed by atoms with Gasteiger partial charge in [-0.2, -0.15) is 0 Å². The molecule has 0 bridgehead atoms. The van der Waals surface area contributed by atoms with E-state index in [1.54, 1.807) is 23.2 Å². The molecule has 1 aliphatic heterocycles. The van der Waals surface area contributed by atoms with E-state index >= 15 is 0 Å². The molecule has 1 aromatic carbocycles. The summed E-state index contributed by atoms with van der Waals surface area (Å²) in [5.74, 6) is 0.568. The number of amides is 1. The summed E-state index contributed by atoms with van der Waals surface area (Å²) >= 11 is 6.28. The Bertz CT molecular complexity index is 828. The molecule has 2 aromatic rings. The van der Waals surface area contributed by atoms with Crippen molar-refractivity contribution in [1.82, 2.24) is 9.88 Å². The quantitative estimate of drug-likeness (QED) is 0.872. The van der Waals surface area contributed by atoms with Crippen LogP contribution in [0.3, 0.4) is 0 Å². The number of halogens is 1. The third-order valence-electron chi connectivity index (χ3n) is 4.63. The number of fused-ring (bicyclic) bond motifs is 1. The van der Waals surface area contributed by atoms with Crippen molar-refractivity contribution < 1.29 is 9.53 Å². The number of H-pyrrole nitrogens is 1.